The molecule has 1 aromatic carbocycles. The molecule has 0 aromatic heterocycles. The van der Waals surface area contributed by atoms with E-state index in [0.717, 1.165) is 35.7 Å². The van der Waals surface area contributed by atoms with Crippen LogP contribution < -0.4 is 5.73 Å². The van der Waals surface area contributed by atoms with E-state index in [2.05, 4.69) is 15.9 Å². The first-order valence-electron chi connectivity index (χ1n) is 4.86. The van der Waals surface area contributed by atoms with Gasteiger partial charge < -0.3 is 5.73 Å². The van der Waals surface area contributed by atoms with Gasteiger partial charge in [0.2, 0.25) is 0 Å². The molecule has 0 heterocycles. The Morgan fingerprint density at radius 3 is 2.57 bits per heavy atom. The van der Waals surface area contributed by atoms with Crippen LogP contribution in [0.15, 0.2) is 22.7 Å². The summed E-state index contributed by atoms with van der Waals surface area (Å²) in [6, 6.07) is 4.74. The van der Waals surface area contributed by atoms with Gasteiger partial charge in [-0.15, -0.1) is 0 Å². The molecule has 0 atom stereocenters. The van der Waals surface area contributed by atoms with Crippen LogP contribution in [0.1, 0.15) is 31.2 Å². The highest BCUT2D eigenvalue weighted by Crippen LogP contribution is 2.39. The van der Waals surface area contributed by atoms with Gasteiger partial charge in [0.05, 0.1) is 0 Å². The van der Waals surface area contributed by atoms with Gasteiger partial charge in [-0.3, -0.25) is 0 Å². The highest BCUT2D eigenvalue weighted by Gasteiger charge is 2.32. The van der Waals surface area contributed by atoms with Crippen LogP contribution in [0.5, 0.6) is 0 Å². The summed E-state index contributed by atoms with van der Waals surface area (Å²) < 4.78 is 14.0. The molecule has 0 bridgehead atoms. The van der Waals surface area contributed by atoms with Crippen molar-refractivity contribution in [3.63, 3.8) is 0 Å². The van der Waals surface area contributed by atoms with Gasteiger partial charge in [-0.05, 0) is 36.6 Å². The van der Waals surface area contributed by atoms with Gasteiger partial charge in [0.25, 0.3) is 0 Å². The average molecular weight is 258 g/mol. The second kappa shape index (κ2) is 3.63. The topological polar surface area (TPSA) is 26.0 Å². The average Bonchev–Trinajstić information content (AvgIpc) is 2.58. The van der Waals surface area contributed by atoms with Crippen LogP contribution >= 0.6 is 15.9 Å². The summed E-state index contributed by atoms with van der Waals surface area (Å²) in [7, 11) is 0. The molecule has 2 rings (SSSR count). The molecule has 0 unspecified atom stereocenters. The maximum absolute atomic E-state index is 13.1. The molecule has 0 amide bonds. The van der Waals surface area contributed by atoms with E-state index in [1.54, 1.807) is 12.1 Å². The Morgan fingerprint density at radius 1 is 1.29 bits per heavy atom. The van der Waals surface area contributed by atoms with Crippen molar-refractivity contribution in [3.8, 4) is 0 Å². The number of nitrogens with two attached hydrogens (primary N) is 1. The van der Waals surface area contributed by atoms with Gasteiger partial charge in [-0.1, -0.05) is 28.8 Å². The molecule has 3 heteroatoms. The highest BCUT2D eigenvalue weighted by atomic mass is 79.9. The minimum Gasteiger partial charge on any atom is -0.321 e. The number of halogens is 2. The van der Waals surface area contributed by atoms with Crippen molar-refractivity contribution in [2.45, 2.75) is 31.2 Å². The lowest BCUT2D eigenvalue weighted by molar-refractivity contribution is 0.455. The van der Waals surface area contributed by atoms with Crippen molar-refractivity contribution >= 4 is 15.9 Å². The summed E-state index contributed by atoms with van der Waals surface area (Å²) in [5.41, 5.74) is 6.85. The third kappa shape index (κ3) is 1.71. The van der Waals surface area contributed by atoms with Crippen molar-refractivity contribution in [1.82, 2.24) is 0 Å². The molecule has 1 fully saturated rings. The largest absolute Gasteiger partial charge is 0.321 e. The Kier molecular flexibility index (Phi) is 2.62. The fraction of sp³-hybridized carbons (Fsp3) is 0.455. The number of rotatable bonds is 1. The van der Waals surface area contributed by atoms with Crippen molar-refractivity contribution in [2.24, 2.45) is 5.73 Å². The summed E-state index contributed by atoms with van der Waals surface area (Å²) in [6.07, 6.45) is 4.18. The molecule has 1 nitrogen and oxygen atoms in total. The molecule has 0 aliphatic heterocycles. The fourth-order valence-corrected chi connectivity index (χ4v) is 2.80. The van der Waals surface area contributed by atoms with Crippen molar-refractivity contribution in [3.05, 3.63) is 34.1 Å². The maximum Gasteiger partial charge on any atom is 0.123 e. The van der Waals surface area contributed by atoms with Crippen molar-refractivity contribution in [2.75, 3.05) is 0 Å². The summed E-state index contributed by atoms with van der Waals surface area (Å²) in [5.74, 6) is -0.208. The van der Waals surface area contributed by atoms with E-state index in [0.29, 0.717) is 0 Å². The van der Waals surface area contributed by atoms with Crippen LogP contribution in [0.3, 0.4) is 0 Å². The van der Waals surface area contributed by atoms with Crippen LogP contribution in [0.4, 0.5) is 4.39 Å². The van der Waals surface area contributed by atoms with Crippen LogP contribution in [0.2, 0.25) is 0 Å². The van der Waals surface area contributed by atoms with Gasteiger partial charge >= 0.3 is 0 Å². The highest BCUT2D eigenvalue weighted by molar-refractivity contribution is 9.10. The van der Waals surface area contributed by atoms with Gasteiger partial charge in [-0.2, -0.15) is 0 Å². The zero-order chi connectivity index (χ0) is 10.2. The van der Waals surface area contributed by atoms with Crippen LogP contribution in [0, 0.1) is 5.82 Å². The van der Waals surface area contributed by atoms with E-state index >= 15 is 0 Å². The third-order valence-corrected chi connectivity index (χ3v) is 3.65. The first kappa shape index (κ1) is 10.1. The normalized spacial score (nSPS) is 19.9. The van der Waals surface area contributed by atoms with Gasteiger partial charge in [-0.25, -0.2) is 4.39 Å². The van der Waals surface area contributed by atoms with E-state index in [1.165, 1.54) is 6.07 Å². The predicted octanol–water partition coefficient (Wildman–Crippen LogP) is 3.32. The summed E-state index contributed by atoms with van der Waals surface area (Å²) in [5, 5.41) is 0. The molecule has 1 aliphatic rings. The molecular formula is C11H13BrFN. The van der Waals surface area contributed by atoms with Crippen LogP contribution in [-0.2, 0) is 5.54 Å². The second-order valence-electron chi connectivity index (χ2n) is 3.99. The van der Waals surface area contributed by atoms with Gasteiger partial charge in [0, 0.05) is 10.0 Å². The monoisotopic (exact) mass is 257 g/mol. The zero-order valence-corrected chi connectivity index (χ0v) is 9.48. The molecule has 76 valence electrons. The Labute approximate surface area is 91.6 Å². The first-order chi connectivity index (χ1) is 6.62. The SMILES string of the molecule is NC1(c2cc(F)ccc2Br)CCCC1. The van der Waals surface area contributed by atoms with E-state index in [1.807, 2.05) is 0 Å². The Morgan fingerprint density at radius 2 is 1.93 bits per heavy atom. The molecule has 1 aromatic rings. The van der Waals surface area contributed by atoms with Crippen molar-refractivity contribution < 1.29 is 4.39 Å². The van der Waals surface area contributed by atoms with Gasteiger partial charge in [0.1, 0.15) is 5.82 Å². The zero-order valence-electron chi connectivity index (χ0n) is 7.89. The fourth-order valence-electron chi connectivity index (χ4n) is 2.15. The first-order valence-corrected chi connectivity index (χ1v) is 5.65. The molecule has 2 N–H and O–H groups in total. The van der Waals surface area contributed by atoms with Crippen LogP contribution in [0.25, 0.3) is 0 Å². The van der Waals surface area contributed by atoms with Crippen molar-refractivity contribution in [1.29, 1.82) is 0 Å². The lowest BCUT2D eigenvalue weighted by Crippen LogP contribution is -2.33. The van der Waals surface area contributed by atoms with E-state index < -0.39 is 0 Å². The lowest BCUT2D eigenvalue weighted by Gasteiger charge is -2.25. The standard InChI is InChI=1S/C11H13BrFN/c12-10-4-3-8(13)7-9(10)11(14)5-1-2-6-11/h3-4,7H,1-2,5-6,14H2. The third-order valence-electron chi connectivity index (χ3n) is 2.96. The minimum absolute atomic E-state index is 0.208. The molecule has 0 spiro atoms. The number of hydrogen-bond acceptors (Lipinski definition) is 1. The number of hydrogen-bond donors (Lipinski definition) is 1. The molecule has 1 saturated carbocycles. The molecule has 0 saturated heterocycles. The smallest absolute Gasteiger partial charge is 0.123 e. The second-order valence-corrected chi connectivity index (χ2v) is 4.84. The quantitative estimate of drug-likeness (QED) is 0.821. The lowest BCUT2D eigenvalue weighted by atomic mass is 9.89. The van der Waals surface area contributed by atoms with E-state index in [9.17, 15) is 4.39 Å². The van der Waals surface area contributed by atoms with Crippen LogP contribution in [-0.4, -0.2) is 0 Å². The number of benzene rings is 1. The molecule has 1 aliphatic carbocycles. The van der Waals surface area contributed by atoms with Gasteiger partial charge in [0.15, 0.2) is 0 Å². The Balaban J connectivity index is 2.44. The maximum atomic E-state index is 13.1. The molecular weight excluding hydrogens is 245 g/mol. The predicted molar refractivity (Wildman–Crippen MR) is 58.4 cm³/mol. The Bertz CT molecular complexity index is 345. The summed E-state index contributed by atoms with van der Waals surface area (Å²) >= 11 is 3.43. The molecule has 14 heavy (non-hydrogen) atoms. The summed E-state index contributed by atoms with van der Waals surface area (Å²) in [6.45, 7) is 0. The van der Waals surface area contributed by atoms with E-state index in [4.69, 9.17) is 5.73 Å². The minimum atomic E-state index is -0.319. The summed E-state index contributed by atoms with van der Waals surface area (Å²) in [4.78, 5) is 0. The molecule has 0 radical (unpaired) electrons. The van der Waals surface area contributed by atoms with E-state index in [-0.39, 0.29) is 11.4 Å². The Hall–Kier alpha value is -0.410.